The smallest absolute Gasteiger partial charge is 0.00157 e. The van der Waals surface area contributed by atoms with Crippen molar-refractivity contribution in [3.63, 3.8) is 0 Å². The first-order chi connectivity index (χ1) is 6.76. The minimum absolute atomic E-state index is 0.693. The summed E-state index contributed by atoms with van der Waals surface area (Å²) in [4.78, 5) is 2.61. The number of rotatable bonds is 5. The fourth-order valence-corrected chi connectivity index (χ4v) is 2.14. The molecule has 0 aromatic rings. The summed E-state index contributed by atoms with van der Waals surface area (Å²) in [5.74, 6) is 1.69. The molecule has 0 bridgehead atoms. The zero-order valence-electron chi connectivity index (χ0n) is 9.84. The van der Waals surface area contributed by atoms with Crippen molar-refractivity contribution in [3.8, 4) is 0 Å². The zero-order valence-corrected chi connectivity index (χ0v) is 9.84. The molecule has 0 aromatic carbocycles. The van der Waals surface area contributed by atoms with Gasteiger partial charge < -0.3 is 10.6 Å². The predicted octanol–water partition coefficient (Wildman–Crippen LogP) is 2.09. The van der Waals surface area contributed by atoms with Gasteiger partial charge in [0.2, 0.25) is 0 Å². The molecule has 0 saturated carbocycles. The highest BCUT2D eigenvalue weighted by atomic mass is 15.1. The number of nitrogens with zero attached hydrogens (tertiary/aromatic N) is 1. The summed E-state index contributed by atoms with van der Waals surface area (Å²) in [5, 5.41) is 0. The van der Waals surface area contributed by atoms with Crippen LogP contribution in [0.4, 0.5) is 0 Å². The second-order valence-electron chi connectivity index (χ2n) is 4.82. The lowest BCUT2D eigenvalue weighted by molar-refractivity contribution is 0.173. The summed E-state index contributed by atoms with van der Waals surface area (Å²) in [5.41, 5.74) is 5.61. The van der Waals surface area contributed by atoms with Crippen LogP contribution < -0.4 is 5.73 Å². The lowest BCUT2D eigenvalue weighted by Gasteiger charge is -2.31. The summed E-state index contributed by atoms with van der Waals surface area (Å²) in [7, 11) is 0. The third kappa shape index (κ3) is 3.97. The molecule has 1 unspecified atom stereocenters. The first-order valence-corrected chi connectivity index (χ1v) is 6.18. The van der Waals surface area contributed by atoms with Gasteiger partial charge >= 0.3 is 0 Å². The first kappa shape index (κ1) is 12.0. The van der Waals surface area contributed by atoms with E-state index in [0.717, 1.165) is 12.5 Å². The van der Waals surface area contributed by atoms with Crippen LogP contribution in [0.15, 0.2) is 0 Å². The second-order valence-corrected chi connectivity index (χ2v) is 4.82. The van der Waals surface area contributed by atoms with Crippen molar-refractivity contribution >= 4 is 0 Å². The monoisotopic (exact) mass is 198 g/mol. The molecule has 84 valence electrons. The Hall–Kier alpha value is -0.0800. The SMILES string of the molecule is CCC1CCN(CCC(C)CN)CC1. The molecule has 0 spiro atoms. The van der Waals surface area contributed by atoms with Crippen molar-refractivity contribution in [1.29, 1.82) is 0 Å². The van der Waals surface area contributed by atoms with Crippen LogP contribution in [-0.4, -0.2) is 31.1 Å². The van der Waals surface area contributed by atoms with E-state index in [4.69, 9.17) is 5.73 Å². The molecular weight excluding hydrogens is 172 g/mol. The summed E-state index contributed by atoms with van der Waals surface area (Å²) >= 11 is 0. The molecule has 2 heteroatoms. The van der Waals surface area contributed by atoms with Crippen molar-refractivity contribution in [2.45, 2.75) is 39.5 Å². The third-order valence-electron chi connectivity index (χ3n) is 3.62. The first-order valence-electron chi connectivity index (χ1n) is 6.18. The second kappa shape index (κ2) is 6.41. The number of likely N-dealkylation sites (tertiary alicyclic amines) is 1. The van der Waals surface area contributed by atoms with Crippen LogP contribution in [0.5, 0.6) is 0 Å². The van der Waals surface area contributed by atoms with Crippen molar-refractivity contribution < 1.29 is 0 Å². The van der Waals surface area contributed by atoms with E-state index >= 15 is 0 Å². The fourth-order valence-electron chi connectivity index (χ4n) is 2.14. The maximum absolute atomic E-state index is 5.61. The van der Waals surface area contributed by atoms with Gasteiger partial charge in [0.05, 0.1) is 0 Å². The van der Waals surface area contributed by atoms with Gasteiger partial charge in [-0.25, -0.2) is 0 Å². The van der Waals surface area contributed by atoms with Gasteiger partial charge in [0.1, 0.15) is 0 Å². The standard InChI is InChI=1S/C12H26N2/c1-3-12-5-8-14(9-6-12)7-4-11(2)10-13/h11-12H,3-10,13H2,1-2H3. The van der Waals surface area contributed by atoms with Gasteiger partial charge in [-0.15, -0.1) is 0 Å². The number of nitrogens with two attached hydrogens (primary N) is 1. The van der Waals surface area contributed by atoms with Gasteiger partial charge in [0.15, 0.2) is 0 Å². The molecule has 1 aliphatic rings. The van der Waals surface area contributed by atoms with Crippen molar-refractivity contribution in [1.82, 2.24) is 4.90 Å². The number of hydrogen-bond acceptors (Lipinski definition) is 2. The molecule has 0 amide bonds. The Balaban J connectivity index is 2.10. The van der Waals surface area contributed by atoms with Crippen LogP contribution in [0.1, 0.15) is 39.5 Å². The van der Waals surface area contributed by atoms with Crippen LogP contribution >= 0.6 is 0 Å². The minimum atomic E-state index is 0.693. The van der Waals surface area contributed by atoms with Crippen LogP contribution in [0.3, 0.4) is 0 Å². The van der Waals surface area contributed by atoms with Crippen molar-refractivity contribution in [2.24, 2.45) is 17.6 Å². The highest BCUT2D eigenvalue weighted by molar-refractivity contribution is 4.71. The molecule has 0 aliphatic carbocycles. The Morgan fingerprint density at radius 3 is 2.50 bits per heavy atom. The van der Waals surface area contributed by atoms with E-state index < -0.39 is 0 Å². The average molecular weight is 198 g/mol. The normalized spacial score (nSPS) is 22.5. The van der Waals surface area contributed by atoms with Crippen LogP contribution in [0, 0.1) is 11.8 Å². The maximum atomic E-state index is 5.61. The summed E-state index contributed by atoms with van der Waals surface area (Å²) in [6.07, 6.45) is 5.46. The molecule has 0 aromatic heterocycles. The van der Waals surface area contributed by atoms with Crippen LogP contribution in [0.25, 0.3) is 0 Å². The van der Waals surface area contributed by atoms with Gasteiger partial charge in [0.25, 0.3) is 0 Å². The van der Waals surface area contributed by atoms with E-state index in [1.54, 1.807) is 0 Å². The Morgan fingerprint density at radius 1 is 1.36 bits per heavy atom. The predicted molar refractivity (Wildman–Crippen MR) is 62.3 cm³/mol. The lowest BCUT2D eigenvalue weighted by Crippen LogP contribution is -2.35. The van der Waals surface area contributed by atoms with E-state index in [1.165, 1.54) is 45.3 Å². The summed E-state index contributed by atoms with van der Waals surface area (Å²) < 4.78 is 0. The zero-order chi connectivity index (χ0) is 10.4. The third-order valence-corrected chi connectivity index (χ3v) is 3.62. The van der Waals surface area contributed by atoms with Gasteiger partial charge in [-0.05, 0) is 57.3 Å². The Bertz CT molecular complexity index is 139. The van der Waals surface area contributed by atoms with Gasteiger partial charge in [0, 0.05) is 0 Å². The van der Waals surface area contributed by atoms with Crippen molar-refractivity contribution in [3.05, 3.63) is 0 Å². The van der Waals surface area contributed by atoms with Crippen LogP contribution in [0.2, 0.25) is 0 Å². The summed E-state index contributed by atoms with van der Waals surface area (Å²) in [6, 6.07) is 0. The maximum Gasteiger partial charge on any atom is -0.00157 e. The fraction of sp³-hybridized carbons (Fsp3) is 1.00. The summed E-state index contributed by atoms with van der Waals surface area (Å²) in [6.45, 7) is 9.29. The molecular formula is C12H26N2. The van der Waals surface area contributed by atoms with Gasteiger partial charge in [-0.2, -0.15) is 0 Å². The molecule has 2 N–H and O–H groups in total. The Morgan fingerprint density at radius 2 is 2.00 bits per heavy atom. The molecule has 1 rings (SSSR count). The lowest BCUT2D eigenvalue weighted by atomic mass is 9.94. The molecule has 2 nitrogen and oxygen atoms in total. The van der Waals surface area contributed by atoms with E-state index in [2.05, 4.69) is 18.7 Å². The average Bonchev–Trinajstić information content (AvgIpc) is 2.26. The van der Waals surface area contributed by atoms with E-state index in [9.17, 15) is 0 Å². The molecule has 14 heavy (non-hydrogen) atoms. The molecule has 1 atom stereocenters. The van der Waals surface area contributed by atoms with E-state index in [1.807, 2.05) is 0 Å². The van der Waals surface area contributed by atoms with E-state index in [-0.39, 0.29) is 0 Å². The molecule has 1 fully saturated rings. The minimum Gasteiger partial charge on any atom is -0.330 e. The topological polar surface area (TPSA) is 29.3 Å². The molecule has 1 aliphatic heterocycles. The Kier molecular flexibility index (Phi) is 5.49. The van der Waals surface area contributed by atoms with Gasteiger partial charge in [-0.1, -0.05) is 20.3 Å². The van der Waals surface area contributed by atoms with Crippen LogP contribution in [-0.2, 0) is 0 Å². The number of piperidine rings is 1. The number of hydrogen-bond donors (Lipinski definition) is 1. The van der Waals surface area contributed by atoms with Gasteiger partial charge in [-0.3, -0.25) is 0 Å². The molecule has 1 heterocycles. The van der Waals surface area contributed by atoms with E-state index in [0.29, 0.717) is 5.92 Å². The molecule has 0 radical (unpaired) electrons. The highest BCUT2D eigenvalue weighted by Gasteiger charge is 2.17. The quantitative estimate of drug-likeness (QED) is 0.733. The van der Waals surface area contributed by atoms with Crippen molar-refractivity contribution in [2.75, 3.05) is 26.2 Å². The Labute approximate surface area is 88.8 Å². The highest BCUT2D eigenvalue weighted by Crippen LogP contribution is 2.20. The molecule has 1 saturated heterocycles. The largest absolute Gasteiger partial charge is 0.330 e.